The summed E-state index contributed by atoms with van der Waals surface area (Å²) in [6, 6.07) is 16.3. The van der Waals surface area contributed by atoms with Crippen LogP contribution in [0.5, 0.6) is 5.75 Å². The molecule has 1 amide bonds. The summed E-state index contributed by atoms with van der Waals surface area (Å²) in [5, 5.41) is 3.20. The molecule has 0 unspecified atom stereocenters. The van der Waals surface area contributed by atoms with Crippen LogP contribution in [0.3, 0.4) is 0 Å². The van der Waals surface area contributed by atoms with Crippen molar-refractivity contribution in [1.82, 2.24) is 20.3 Å². The van der Waals surface area contributed by atoms with E-state index in [-0.39, 0.29) is 5.91 Å². The van der Waals surface area contributed by atoms with E-state index < -0.39 is 0 Å². The summed E-state index contributed by atoms with van der Waals surface area (Å²) in [4.78, 5) is 18.4. The van der Waals surface area contributed by atoms with Gasteiger partial charge in [-0.3, -0.25) is 10.2 Å². The maximum absolute atomic E-state index is 12.6. The molecule has 29 heavy (non-hydrogen) atoms. The van der Waals surface area contributed by atoms with E-state index in [0.717, 1.165) is 48.7 Å². The molecule has 1 aromatic heterocycles. The number of benzene rings is 2. The Hall–Kier alpha value is -2.83. The highest BCUT2D eigenvalue weighted by molar-refractivity contribution is 5.91. The Morgan fingerprint density at radius 2 is 1.79 bits per heavy atom. The van der Waals surface area contributed by atoms with Gasteiger partial charge in [-0.25, -0.2) is 5.01 Å². The summed E-state index contributed by atoms with van der Waals surface area (Å²) in [5.41, 5.74) is 7.50. The summed E-state index contributed by atoms with van der Waals surface area (Å²) < 4.78 is 5.28. The lowest BCUT2D eigenvalue weighted by Crippen LogP contribution is -2.52. The van der Waals surface area contributed by atoms with Crippen LogP contribution in [-0.2, 0) is 11.2 Å². The first kappa shape index (κ1) is 19.5. The quantitative estimate of drug-likeness (QED) is 0.677. The van der Waals surface area contributed by atoms with Gasteiger partial charge in [0.25, 0.3) is 0 Å². The van der Waals surface area contributed by atoms with Crippen molar-refractivity contribution in [2.75, 3.05) is 40.3 Å². The van der Waals surface area contributed by atoms with Crippen LogP contribution >= 0.6 is 0 Å². The van der Waals surface area contributed by atoms with E-state index in [2.05, 4.69) is 46.6 Å². The number of aromatic amines is 1. The number of amides is 1. The Kier molecular flexibility index (Phi) is 5.83. The van der Waals surface area contributed by atoms with E-state index in [1.165, 1.54) is 10.9 Å². The number of likely N-dealkylation sites (N-methyl/N-ethyl adjacent to an activating group) is 1. The molecule has 152 valence electrons. The number of hydrogen-bond acceptors (Lipinski definition) is 4. The summed E-state index contributed by atoms with van der Waals surface area (Å²) in [7, 11) is 3.78. The van der Waals surface area contributed by atoms with Gasteiger partial charge in [0.05, 0.1) is 7.11 Å². The number of nitrogens with one attached hydrogen (secondary N) is 2. The zero-order valence-corrected chi connectivity index (χ0v) is 17.1. The molecular weight excluding hydrogens is 364 g/mol. The van der Waals surface area contributed by atoms with Gasteiger partial charge in [0, 0.05) is 49.2 Å². The normalized spacial score (nSPS) is 15.5. The molecule has 4 rings (SSSR count). The number of piperazine rings is 1. The number of ether oxygens (including phenoxy) is 1. The standard InChI is InChI=1S/C23H28N4O2/c1-26-13-15-27(16-14-26)25-22(28)12-11-20-19-5-3-4-6-21(19)24-23(20)17-7-9-18(29-2)10-8-17/h3-10,24H,11-16H2,1-2H3,(H,25,28). The number of rotatable bonds is 6. The highest BCUT2D eigenvalue weighted by Gasteiger charge is 2.18. The third-order valence-electron chi connectivity index (χ3n) is 5.58. The molecule has 0 spiro atoms. The molecule has 0 aliphatic carbocycles. The smallest absolute Gasteiger partial charge is 0.234 e. The number of para-hydroxylation sites is 1. The average molecular weight is 393 g/mol. The van der Waals surface area contributed by atoms with Crippen LogP contribution in [-0.4, -0.2) is 61.1 Å². The Morgan fingerprint density at radius 3 is 2.52 bits per heavy atom. The fourth-order valence-electron chi connectivity index (χ4n) is 3.85. The van der Waals surface area contributed by atoms with Crippen molar-refractivity contribution >= 4 is 16.8 Å². The Labute approximate surface area is 171 Å². The average Bonchev–Trinajstić information content (AvgIpc) is 3.12. The molecule has 6 heteroatoms. The van der Waals surface area contributed by atoms with Gasteiger partial charge in [0.15, 0.2) is 0 Å². The SMILES string of the molecule is COc1ccc(-c2[nH]c3ccccc3c2CCC(=O)NN2CCN(C)CC2)cc1. The van der Waals surface area contributed by atoms with E-state index in [0.29, 0.717) is 12.8 Å². The number of aryl methyl sites for hydroxylation is 1. The lowest BCUT2D eigenvalue weighted by Gasteiger charge is -2.32. The Bertz CT molecular complexity index is 972. The van der Waals surface area contributed by atoms with Gasteiger partial charge in [0.2, 0.25) is 5.91 Å². The minimum atomic E-state index is 0.0699. The first-order valence-electron chi connectivity index (χ1n) is 10.1. The van der Waals surface area contributed by atoms with Crippen LogP contribution in [0.2, 0.25) is 0 Å². The second-order valence-electron chi connectivity index (χ2n) is 7.58. The van der Waals surface area contributed by atoms with Gasteiger partial charge in [-0.1, -0.05) is 18.2 Å². The van der Waals surface area contributed by atoms with Crippen LogP contribution in [0, 0.1) is 0 Å². The molecule has 3 aromatic rings. The number of aromatic nitrogens is 1. The van der Waals surface area contributed by atoms with Gasteiger partial charge < -0.3 is 14.6 Å². The highest BCUT2D eigenvalue weighted by atomic mass is 16.5. The molecule has 1 aliphatic heterocycles. The molecule has 2 heterocycles. The number of hydrogen-bond donors (Lipinski definition) is 2. The molecule has 1 aliphatic rings. The maximum atomic E-state index is 12.6. The highest BCUT2D eigenvalue weighted by Crippen LogP contribution is 2.32. The fraction of sp³-hybridized carbons (Fsp3) is 0.348. The zero-order valence-electron chi connectivity index (χ0n) is 17.1. The predicted molar refractivity (Wildman–Crippen MR) is 116 cm³/mol. The number of carbonyl (C=O) groups is 1. The fourth-order valence-corrected chi connectivity index (χ4v) is 3.85. The Balaban J connectivity index is 1.52. The second-order valence-corrected chi connectivity index (χ2v) is 7.58. The molecule has 2 N–H and O–H groups in total. The van der Waals surface area contributed by atoms with Crippen molar-refractivity contribution in [2.45, 2.75) is 12.8 Å². The van der Waals surface area contributed by atoms with Crippen molar-refractivity contribution in [3.63, 3.8) is 0 Å². The van der Waals surface area contributed by atoms with Crippen molar-refractivity contribution in [3.8, 4) is 17.0 Å². The van der Waals surface area contributed by atoms with E-state index in [4.69, 9.17) is 4.74 Å². The number of methoxy groups -OCH3 is 1. The molecular formula is C23H28N4O2. The topological polar surface area (TPSA) is 60.6 Å². The van der Waals surface area contributed by atoms with Gasteiger partial charge in [-0.05, 0) is 54.9 Å². The van der Waals surface area contributed by atoms with Crippen LogP contribution in [0.15, 0.2) is 48.5 Å². The molecule has 0 radical (unpaired) electrons. The first-order chi connectivity index (χ1) is 14.1. The van der Waals surface area contributed by atoms with Crippen molar-refractivity contribution in [2.24, 2.45) is 0 Å². The maximum Gasteiger partial charge on any atom is 0.234 e. The predicted octanol–water partition coefficient (Wildman–Crippen LogP) is 3.05. The molecule has 0 bridgehead atoms. The third kappa shape index (κ3) is 4.44. The van der Waals surface area contributed by atoms with Crippen molar-refractivity contribution < 1.29 is 9.53 Å². The van der Waals surface area contributed by atoms with E-state index in [1.807, 2.05) is 29.3 Å². The molecule has 6 nitrogen and oxygen atoms in total. The number of fused-ring (bicyclic) bond motifs is 1. The van der Waals surface area contributed by atoms with Crippen LogP contribution in [0.25, 0.3) is 22.2 Å². The van der Waals surface area contributed by atoms with Crippen molar-refractivity contribution in [1.29, 1.82) is 0 Å². The second kappa shape index (κ2) is 8.68. The van der Waals surface area contributed by atoms with E-state index >= 15 is 0 Å². The van der Waals surface area contributed by atoms with Crippen LogP contribution in [0.4, 0.5) is 0 Å². The zero-order chi connectivity index (χ0) is 20.2. The first-order valence-corrected chi connectivity index (χ1v) is 10.1. The van der Waals surface area contributed by atoms with Gasteiger partial charge in [-0.15, -0.1) is 0 Å². The van der Waals surface area contributed by atoms with E-state index in [1.54, 1.807) is 7.11 Å². The molecule has 0 atom stereocenters. The van der Waals surface area contributed by atoms with Gasteiger partial charge in [-0.2, -0.15) is 0 Å². The van der Waals surface area contributed by atoms with Crippen LogP contribution < -0.4 is 10.2 Å². The minimum absolute atomic E-state index is 0.0699. The lowest BCUT2D eigenvalue weighted by molar-refractivity contribution is -0.126. The number of H-pyrrole nitrogens is 1. The molecule has 1 fully saturated rings. The summed E-state index contributed by atoms with van der Waals surface area (Å²) in [6.07, 6.45) is 1.14. The minimum Gasteiger partial charge on any atom is -0.497 e. The van der Waals surface area contributed by atoms with Gasteiger partial charge >= 0.3 is 0 Å². The largest absolute Gasteiger partial charge is 0.497 e. The van der Waals surface area contributed by atoms with Crippen LogP contribution in [0.1, 0.15) is 12.0 Å². The third-order valence-corrected chi connectivity index (χ3v) is 5.58. The summed E-state index contributed by atoms with van der Waals surface area (Å²) in [6.45, 7) is 3.69. The van der Waals surface area contributed by atoms with E-state index in [9.17, 15) is 4.79 Å². The molecule has 0 saturated carbocycles. The summed E-state index contributed by atoms with van der Waals surface area (Å²) >= 11 is 0. The number of carbonyl (C=O) groups excluding carboxylic acids is 1. The number of hydrazine groups is 1. The molecule has 1 saturated heterocycles. The Morgan fingerprint density at radius 1 is 1.07 bits per heavy atom. The van der Waals surface area contributed by atoms with Crippen molar-refractivity contribution in [3.05, 3.63) is 54.1 Å². The number of nitrogens with zero attached hydrogens (tertiary/aromatic N) is 2. The summed E-state index contributed by atoms with van der Waals surface area (Å²) in [5.74, 6) is 0.901. The monoisotopic (exact) mass is 392 g/mol. The van der Waals surface area contributed by atoms with Gasteiger partial charge in [0.1, 0.15) is 5.75 Å². The molecule has 2 aromatic carbocycles. The lowest BCUT2D eigenvalue weighted by atomic mass is 10.0.